The molecule has 0 aromatic heterocycles. The predicted molar refractivity (Wildman–Crippen MR) is 128 cm³/mol. The molecule has 0 radical (unpaired) electrons. The van der Waals surface area contributed by atoms with Crippen molar-refractivity contribution in [2.75, 3.05) is 13.1 Å². The molecule has 1 aliphatic heterocycles. The molecule has 0 saturated carbocycles. The zero-order valence-electron chi connectivity index (χ0n) is 20.7. The molecule has 0 aliphatic carbocycles. The molecule has 2 unspecified atom stereocenters. The highest BCUT2D eigenvalue weighted by Crippen LogP contribution is 2.35. The molecule has 1 saturated heterocycles. The van der Waals surface area contributed by atoms with Gasteiger partial charge in [-0.3, -0.25) is 14.5 Å². The Morgan fingerprint density at radius 1 is 1.09 bits per heavy atom. The number of hydrogen-bond donors (Lipinski definition) is 0. The van der Waals surface area contributed by atoms with E-state index in [0.717, 1.165) is 12.0 Å². The van der Waals surface area contributed by atoms with E-state index in [2.05, 4.69) is 18.8 Å². The molecular formula is C27H38N2O3. The lowest BCUT2D eigenvalue weighted by Crippen LogP contribution is -2.44. The van der Waals surface area contributed by atoms with Gasteiger partial charge < -0.3 is 4.90 Å². The van der Waals surface area contributed by atoms with E-state index in [1.54, 1.807) is 11.8 Å². The fraction of sp³-hybridized carbons (Fsp3) is 0.593. The molecule has 1 aliphatic rings. The SMILES string of the molecule is CCC(C)(C)C(=O)N1C(=O)N(CC#CCC(C)C(C)(CC)C(C)=O)C[C@H]1c1ccccc1. The van der Waals surface area contributed by atoms with E-state index in [9.17, 15) is 14.4 Å². The second-order valence-electron chi connectivity index (χ2n) is 9.79. The second-order valence-corrected chi connectivity index (χ2v) is 9.79. The molecular weight excluding hydrogens is 400 g/mol. The van der Waals surface area contributed by atoms with Crippen molar-refractivity contribution in [3.8, 4) is 11.8 Å². The number of urea groups is 1. The molecule has 0 bridgehead atoms. The van der Waals surface area contributed by atoms with Crippen LogP contribution in [0.2, 0.25) is 0 Å². The molecule has 1 fully saturated rings. The minimum atomic E-state index is -0.614. The molecule has 32 heavy (non-hydrogen) atoms. The molecule has 1 heterocycles. The minimum Gasteiger partial charge on any atom is -0.311 e. The van der Waals surface area contributed by atoms with Crippen LogP contribution in [0.15, 0.2) is 30.3 Å². The van der Waals surface area contributed by atoms with E-state index in [-0.39, 0.29) is 41.6 Å². The van der Waals surface area contributed by atoms with Crippen LogP contribution >= 0.6 is 0 Å². The Labute approximate surface area is 193 Å². The van der Waals surface area contributed by atoms with E-state index in [1.165, 1.54) is 4.90 Å². The molecule has 5 heteroatoms. The molecule has 0 spiro atoms. The van der Waals surface area contributed by atoms with Crippen molar-refractivity contribution in [2.24, 2.45) is 16.7 Å². The number of benzene rings is 1. The molecule has 1 aromatic carbocycles. The van der Waals surface area contributed by atoms with Gasteiger partial charge in [-0.25, -0.2) is 4.79 Å². The van der Waals surface area contributed by atoms with E-state index < -0.39 is 5.41 Å². The number of ketones is 1. The largest absolute Gasteiger partial charge is 0.328 e. The Kier molecular flexibility index (Phi) is 8.29. The number of carbonyl (C=O) groups is 3. The van der Waals surface area contributed by atoms with Gasteiger partial charge in [0.1, 0.15) is 5.78 Å². The van der Waals surface area contributed by atoms with Crippen LogP contribution in [0.25, 0.3) is 0 Å². The summed E-state index contributed by atoms with van der Waals surface area (Å²) in [5, 5.41) is 0. The predicted octanol–water partition coefficient (Wildman–Crippen LogP) is 5.46. The van der Waals surface area contributed by atoms with Crippen LogP contribution in [0.5, 0.6) is 0 Å². The molecule has 0 N–H and O–H groups in total. The highest BCUT2D eigenvalue weighted by atomic mass is 16.2. The topological polar surface area (TPSA) is 57.7 Å². The van der Waals surface area contributed by atoms with Gasteiger partial charge in [0.25, 0.3) is 0 Å². The maximum Gasteiger partial charge on any atom is 0.328 e. The van der Waals surface area contributed by atoms with Crippen molar-refractivity contribution in [3.63, 3.8) is 0 Å². The van der Waals surface area contributed by atoms with Gasteiger partial charge in [-0.15, -0.1) is 5.92 Å². The summed E-state index contributed by atoms with van der Waals surface area (Å²) >= 11 is 0. The van der Waals surface area contributed by atoms with Crippen LogP contribution in [0.1, 0.15) is 79.3 Å². The Hall–Kier alpha value is -2.61. The van der Waals surface area contributed by atoms with Crippen LogP contribution in [0.4, 0.5) is 4.79 Å². The third-order valence-corrected chi connectivity index (χ3v) is 7.48. The summed E-state index contributed by atoms with van der Waals surface area (Å²) in [5.74, 6) is 6.45. The average molecular weight is 439 g/mol. The first-order chi connectivity index (χ1) is 15.0. The van der Waals surface area contributed by atoms with Gasteiger partial charge in [-0.05, 0) is 31.2 Å². The summed E-state index contributed by atoms with van der Waals surface area (Å²) in [6, 6.07) is 9.10. The highest BCUT2D eigenvalue weighted by molar-refractivity contribution is 5.99. The number of hydrogen-bond acceptors (Lipinski definition) is 3. The molecule has 1 aromatic rings. The van der Waals surface area contributed by atoms with Crippen molar-refractivity contribution in [1.82, 2.24) is 9.80 Å². The van der Waals surface area contributed by atoms with Gasteiger partial charge in [0.05, 0.1) is 12.6 Å². The van der Waals surface area contributed by atoms with Gasteiger partial charge in [0.15, 0.2) is 0 Å². The first-order valence-corrected chi connectivity index (χ1v) is 11.6. The molecule has 3 amide bonds. The number of nitrogens with zero attached hydrogens (tertiary/aromatic N) is 2. The minimum absolute atomic E-state index is 0.132. The summed E-state index contributed by atoms with van der Waals surface area (Å²) < 4.78 is 0. The zero-order chi connectivity index (χ0) is 24.1. The van der Waals surface area contributed by atoms with E-state index >= 15 is 0 Å². The highest BCUT2D eigenvalue weighted by Gasteiger charge is 2.45. The number of amides is 3. The lowest BCUT2D eigenvalue weighted by Gasteiger charge is -2.31. The molecule has 174 valence electrons. The summed E-state index contributed by atoms with van der Waals surface area (Å²) in [7, 11) is 0. The van der Waals surface area contributed by atoms with Gasteiger partial charge in [-0.1, -0.05) is 77.8 Å². The van der Waals surface area contributed by atoms with Crippen LogP contribution < -0.4 is 0 Å². The quantitative estimate of drug-likeness (QED) is 0.506. The van der Waals surface area contributed by atoms with E-state index in [4.69, 9.17) is 0 Å². The van der Waals surface area contributed by atoms with Crippen molar-refractivity contribution in [3.05, 3.63) is 35.9 Å². The van der Waals surface area contributed by atoms with Gasteiger partial charge in [-0.2, -0.15) is 0 Å². The van der Waals surface area contributed by atoms with Crippen LogP contribution in [0, 0.1) is 28.6 Å². The number of Topliss-reactive ketones (excluding diaryl/α,β-unsaturated/α-hetero) is 1. The Morgan fingerprint density at radius 2 is 1.72 bits per heavy atom. The summed E-state index contributed by atoms with van der Waals surface area (Å²) in [5.41, 5.74) is -0.0480. The number of carbonyl (C=O) groups excluding carboxylic acids is 3. The van der Waals surface area contributed by atoms with Gasteiger partial charge >= 0.3 is 6.03 Å². The van der Waals surface area contributed by atoms with Crippen LogP contribution in [-0.2, 0) is 9.59 Å². The lowest BCUT2D eigenvalue weighted by molar-refractivity contribution is -0.138. The van der Waals surface area contributed by atoms with Crippen molar-refractivity contribution >= 4 is 17.7 Å². The van der Waals surface area contributed by atoms with Crippen molar-refractivity contribution < 1.29 is 14.4 Å². The van der Waals surface area contributed by atoms with Crippen LogP contribution in [-0.4, -0.2) is 40.6 Å². The van der Waals surface area contributed by atoms with E-state index in [1.807, 2.05) is 65.0 Å². The van der Waals surface area contributed by atoms with E-state index in [0.29, 0.717) is 19.4 Å². The molecule has 5 nitrogen and oxygen atoms in total. The first-order valence-electron chi connectivity index (χ1n) is 11.6. The smallest absolute Gasteiger partial charge is 0.311 e. The van der Waals surface area contributed by atoms with Gasteiger partial charge in [0, 0.05) is 23.8 Å². The number of imide groups is 1. The third kappa shape index (κ3) is 5.23. The summed E-state index contributed by atoms with van der Waals surface area (Å²) in [4.78, 5) is 41.7. The zero-order valence-corrected chi connectivity index (χ0v) is 20.7. The van der Waals surface area contributed by atoms with Crippen LogP contribution in [0.3, 0.4) is 0 Å². The first kappa shape index (κ1) is 25.6. The third-order valence-electron chi connectivity index (χ3n) is 7.48. The monoisotopic (exact) mass is 438 g/mol. The number of rotatable bonds is 8. The maximum atomic E-state index is 13.3. The Balaban J connectivity index is 2.19. The fourth-order valence-corrected chi connectivity index (χ4v) is 3.97. The Bertz CT molecular complexity index is 896. The Morgan fingerprint density at radius 3 is 2.25 bits per heavy atom. The van der Waals surface area contributed by atoms with Crippen molar-refractivity contribution in [2.45, 2.75) is 73.8 Å². The normalized spacial score (nSPS) is 19.2. The average Bonchev–Trinajstić information content (AvgIpc) is 3.11. The summed E-state index contributed by atoms with van der Waals surface area (Å²) in [6.07, 6.45) is 2.03. The van der Waals surface area contributed by atoms with Gasteiger partial charge in [0.2, 0.25) is 5.91 Å². The standard InChI is InChI=1S/C27H38N2O3/c1-8-26(5,6)24(31)29-23(22-16-11-10-12-17-22)19-28(25(29)32)18-14-13-15-20(3)27(7,9-2)21(4)30/h10-12,16-17,20,23H,8-9,15,18-19H2,1-7H3/t20?,23-,27?/m0/s1. The molecule has 3 atom stereocenters. The maximum absolute atomic E-state index is 13.3. The second kappa shape index (κ2) is 10.3. The summed E-state index contributed by atoms with van der Waals surface area (Å²) in [6.45, 7) is 14.2. The lowest BCUT2D eigenvalue weighted by atomic mass is 9.72. The fourth-order valence-electron chi connectivity index (χ4n) is 3.97. The van der Waals surface area contributed by atoms with Crippen molar-refractivity contribution in [1.29, 1.82) is 0 Å². The molecule has 2 rings (SSSR count).